The number of carbonyl (C=O) groups excluding carboxylic acids is 1. The van der Waals surface area contributed by atoms with Crippen LogP contribution in [0.4, 0.5) is 0 Å². The quantitative estimate of drug-likeness (QED) is 0.373. The van der Waals surface area contributed by atoms with Crippen molar-refractivity contribution in [3.05, 3.63) is 24.0 Å². The molecule has 0 atom stereocenters. The Hall–Kier alpha value is -1.05. The summed E-state index contributed by atoms with van der Waals surface area (Å²) in [5.41, 5.74) is 0. The minimum Gasteiger partial charge on any atom is -0.494 e. The Bertz CT molecular complexity index is 272. The summed E-state index contributed by atoms with van der Waals surface area (Å²) in [5.74, 6) is 1.37. The summed E-state index contributed by atoms with van der Waals surface area (Å²) in [6.07, 6.45) is 11.0. The van der Waals surface area contributed by atoms with E-state index < -0.39 is 0 Å². The third-order valence-electron chi connectivity index (χ3n) is 2.86. The highest BCUT2D eigenvalue weighted by atomic mass is 16.5. The van der Waals surface area contributed by atoms with E-state index in [-0.39, 0.29) is 11.7 Å². The molecule has 2 nitrogen and oxygen atoms in total. The van der Waals surface area contributed by atoms with Crippen molar-refractivity contribution in [1.29, 1.82) is 0 Å². The Kier molecular flexibility index (Phi) is 5.91. The van der Waals surface area contributed by atoms with Gasteiger partial charge in [-0.05, 0) is 44.4 Å². The molecule has 0 radical (unpaired) electrons. The van der Waals surface area contributed by atoms with Gasteiger partial charge in [0.05, 0.1) is 6.61 Å². The maximum absolute atomic E-state index is 11.6. The molecule has 0 heterocycles. The van der Waals surface area contributed by atoms with Gasteiger partial charge in [0, 0.05) is 5.92 Å². The minimum atomic E-state index is 0.258. The van der Waals surface area contributed by atoms with Gasteiger partial charge in [0.15, 0.2) is 5.78 Å². The van der Waals surface area contributed by atoms with E-state index in [4.69, 9.17) is 4.74 Å². The molecule has 1 rings (SSSR count). The fraction of sp³-hybridized carbons (Fsp3) is 0.643. The molecule has 16 heavy (non-hydrogen) atoms. The highest BCUT2D eigenvalue weighted by Gasteiger charge is 2.22. The van der Waals surface area contributed by atoms with Crippen LogP contribution in [0.2, 0.25) is 0 Å². The molecule has 0 aromatic carbocycles. The van der Waals surface area contributed by atoms with Crippen LogP contribution in [-0.4, -0.2) is 12.4 Å². The van der Waals surface area contributed by atoms with Gasteiger partial charge in [0.25, 0.3) is 0 Å². The predicted octanol–water partition coefficient (Wildman–Crippen LogP) is 3.63. The van der Waals surface area contributed by atoms with Gasteiger partial charge < -0.3 is 4.74 Å². The number of rotatable bonds is 7. The number of ether oxygens (including phenoxy) is 1. The highest BCUT2D eigenvalue weighted by Crippen LogP contribution is 2.27. The van der Waals surface area contributed by atoms with Crippen LogP contribution in [0.25, 0.3) is 0 Å². The van der Waals surface area contributed by atoms with E-state index in [1.807, 2.05) is 19.1 Å². The lowest BCUT2D eigenvalue weighted by molar-refractivity contribution is -0.120. The van der Waals surface area contributed by atoms with Crippen LogP contribution in [0, 0.1) is 5.92 Å². The van der Waals surface area contributed by atoms with Crippen molar-refractivity contribution < 1.29 is 9.53 Å². The molecule has 2 heteroatoms. The summed E-state index contributed by atoms with van der Waals surface area (Å²) in [6.45, 7) is 4.74. The van der Waals surface area contributed by atoms with Gasteiger partial charge in [-0.3, -0.25) is 4.79 Å². The van der Waals surface area contributed by atoms with Gasteiger partial charge in [0.2, 0.25) is 0 Å². The summed E-state index contributed by atoms with van der Waals surface area (Å²) in [5, 5.41) is 0. The maximum atomic E-state index is 11.6. The van der Waals surface area contributed by atoms with Crippen molar-refractivity contribution in [2.24, 2.45) is 5.92 Å². The van der Waals surface area contributed by atoms with Crippen molar-refractivity contribution in [2.45, 2.75) is 46.0 Å². The minimum absolute atomic E-state index is 0.258. The molecule has 1 fully saturated rings. The monoisotopic (exact) mass is 222 g/mol. The third kappa shape index (κ3) is 4.21. The van der Waals surface area contributed by atoms with Crippen LogP contribution >= 0.6 is 0 Å². The summed E-state index contributed by atoms with van der Waals surface area (Å²) >= 11 is 0. The SMILES string of the molecule is CCC/C=C(\C=C/C(=O)C1CCC1)OCC. The molecule has 0 aromatic rings. The lowest BCUT2D eigenvalue weighted by Gasteiger charge is -2.22. The first-order valence-electron chi connectivity index (χ1n) is 6.32. The fourth-order valence-corrected chi connectivity index (χ4v) is 1.62. The molecule has 0 spiro atoms. The number of allylic oxidation sites excluding steroid dienone is 3. The van der Waals surface area contributed by atoms with Crippen LogP contribution in [0.15, 0.2) is 24.0 Å². The van der Waals surface area contributed by atoms with Crippen molar-refractivity contribution in [1.82, 2.24) is 0 Å². The first kappa shape index (κ1) is 13.0. The smallest absolute Gasteiger partial charge is 0.158 e. The van der Waals surface area contributed by atoms with Crippen LogP contribution in [-0.2, 0) is 9.53 Å². The Balaban J connectivity index is 2.45. The molecule has 0 aliphatic heterocycles. The van der Waals surface area contributed by atoms with Gasteiger partial charge in [-0.2, -0.15) is 0 Å². The summed E-state index contributed by atoms with van der Waals surface area (Å²) in [7, 11) is 0. The Morgan fingerprint density at radius 3 is 2.56 bits per heavy atom. The van der Waals surface area contributed by atoms with E-state index >= 15 is 0 Å². The molecule has 0 N–H and O–H groups in total. The van der Waals surface area contributed by atoms with Gasteiger partial charge in [0.1, 0.15) is 5.76 Å². The lowest BCUT2D eigenvalue weighted by atomic mass is 9.82. The number of hydrogen-bond donors (Lipinski definition) is 0. The molecule has 90 valence electrons. The summed E-state index contributed by atoms with van der Waals surface area (Å²) < 4.78 is 5.45. The molecular weight excluding hydrogens is 200 g/mol. The average Bonchev–Trinajstić information content (AvgIpc) is 2.19. The second kappa shape index (κ2) is 7.26. The van der Waals surface area contributed by atoms with E-state index in [1.54, 1.807) is 6.08 Å². The van der Waals surface area contributed by atoms with Gasteiger partial charge in [-0.1, -0.05) is 19.8 Å². The predicted molar refractivity (Wildman–Crippen MR) is 66.1 cm³/mol. The number of carbonyl (C=O) groups is 1. The molecule has 1 saturated carbocycles. The van der Waals surface area contributed by atoms with E-state index in [2.05, 4.69) is 6.92 Å². The van der Waals surface area contributed by atoms with E-state index in [0.717, 1.165) is 31.4 Å². The second-order valence-electron chi connectivity index (χ2n) is 4.19. The number of hydrogen-bond acceptors (Lipinski definition) is 2. The summed E-state index contributed by atoms with van der Waals surface area (Å²) in [4.78, 5) is 11.6. The molecule has 1 aliphatic carbocycles. The van der Waals surface area contributed by atoms with E-state index in [9.17, 15) is 4.79 Å². The third-order valence-corrected chi connectivity index (χ3v) is 2.86. The Morgan fingerprint density at radius 2 is 2.06 bits per heavy atom. The fourth-order valence-electron chi connectivity index (χ4n) is 1.62. The Labute approximate surface area is 98.4 Å². The zero-order valence-corrected chi connectivity index (χ0v) is 10.4. The highest BCUT2D eigenvalue weighted by molar-refractivity contribution is 5.92. The number of ketones is 1. The maximum Gasteiger partial charge on any atom is 0.158 e. The Morgan fingerprint density at radius 1 is 1.31 bits per heavy atom. The molecule has 0 amide bonds. The standard InChI is InChI=1S/C14H22O2/c1-3-5-9-13(16-4-2)10-11-14(15)12-7-6-8-12/h9-12H,3-8H2,1-2H3/b11-10-,13-9+. The van der Waals surface area contributed by atoms with Gasteiger partial charge in [-0.25, -0.2) is 0 Å². The molecule has 0 saturated heterocycles. The average molecular weight is 222 g/mol. The van der Waals surface area contributed by atoms with Gasteiger partial charge >= 0.3 is 0 Å². The van der Waals surface area contributed by atoms with Crippen molar-refractivity contribution in [3.63, 3.8) is 0 Å². The van der Waals surface area contributed by atoms with Crippen molar-refractivity contribution in [2.75, 3.05) is 6.61 Å². The molecule has 1 aliphatic rings. The van der Waals surface area contributed by atoms with Crippen LogP contribution in [0.3, 0.4) is 0 Å². The molecule has 0 bridgehead atoms. The van der Waals surface area contributed by atoms with E-state index in [1.165, 1.54) is 6.42 Å². The van der Waals surface area contributed by atoms with Crippen molar-refractivity contribution >= 4 is 5.78 Å². The lowest BCUT2D eigenvalue weighted by Crippen LogP contribution is -2.19. The van der Waals surface area contributed by atoms with E-state index in [0.29, 0.717) is 6.61 Å². The normalized spacial score (nSPS) is 17.5. The van der Waals surface area contributed by atoms with Crippen LogP contribution in [0.1, 0.15) is 46.0 Å². The first-order valence-corrected chi connectivity index (χ1v) is 6.32. The zero-order valence-electron chi connectivity index (χ0n) is 10.4. The summed E-state index contributed by atoms with van der Waals surface area (Å²) in [6, 6.07) is 0. The van der Waals surface area contributed by atoms with Crippen LogP contribution in [0.5, 0.6) is 0 Å². The van der Waals surface area contributed by atoms with Crippen molar-refractivity contribution in [3.8, 4) is 0 Å². The topological polar surface area (TPSA) is 26.3 Å². The first-order chi connectivity index (χ1) is 7.77. The zero-order chi connectivity index (χ0) is 11.8. The molecule has 0 unspecified atom stereocenters. The molecule has 0 aromatic heterocycles. The molecular formula is C14H22O2. The largest absolute Gasteiger partial charge is 0.494 e. The van der Waals surface area contributed by atoms with Gasteiger partial charge in [-0.15, -0.1) is 0 Å². The number of unbranched alkanes of at least 4 members (excludes halogenated alkanes) is 1. The van der Waals surface area contributed by atoms with Crippen LogP contribution < -0.4 is 0 Å². The second-order valence-corrected chi connectivity index (χ2v) is 4.19.